The van der Waals surface area contributed by atoms with Gasteiger partial charge in [0.05, 0.1) is 26.4 Å². The van der Waals surface area contributed by atoms with E-state index in [9.17, 15) is 19.2 Å². The molecule has 0 bridgehead atoms. The van der Waals surface area contributed by atoms with Crippen molar-refractivity contribution in [3.8, 4) is 5.75 Å². The van der Waals surface area contributed by atoms with E-state index in [1.807, 2.05) is 30.3 Å². The van der Waals surface area contributed by atoms with Crippen LogP contribution in [0.5, 0.6) is 5.75 Å². The third kappa shape index (κ3) is 9.78. The number of aliphatic hydroxyl groups is 1. The van der Waals surface area contributed by atoms with Crippen LogP contribution in [0, 0.1) is 0 Å². The highest BCUT2D eigenvalue weighted by Gasteiger charge is 2.40. The summed E-state index contributed by atoms with van der Waals surface area (Å²) in [5, 5.41) is 39.2. The molecule has 0 aromatic heterocycles. The van der Waals surface area contributed by atoms with Gasteiger partial charge in [0.25, 0.3) is 0 Å². The molecule has 12 heteroatoms. The Morgan fingerprint density at radius 1 is 0.950 bits per heavy atom. The summed E-state index contributed by atoms with van der Waals surface area (Å²) < 4.78 is 5.45. The number of aliphatic carboxylic acids is 3. The second-order valence-corrected chi connectivity index (χ2v) is 9.90. The minimum atomic E-state index is -2.74. The molecule has 1 aliphatic rings. The largest absolute Gasteiger partial charge is 0.496 e. The molecule has 1 saturated heterocycles. The monoisotopic (exact) mass is 561 g/mol. The highest BCUT2D eigenvalue weighted by Crippen LogP contribution is 2.28. The van der Waals surface area contributed by atoms with E-state index < -0.39 is 36.4 Å². The second kappa shape index (κ2) is 15.2. The Morgan fingerprint density at radius 2 is 1.52 bits per heavy atom. The zero-order valence-electron chi connectivity index (χ0n) is 23.1. The van der Waals surface area contributed by atoms with Crippen LogP contribution in [0.25, 0.3) is 10.8 Å². The molecule has 12 nitrogen and oxygen atoms in total. The maximum Gasteiger partial charge on any atom is 0.336 e. The van der Waals surface area contributed by atoms with Gasteiger partial charge >= 0.3 is 17.9 Å². The van der Waals surface area contributed by atoms with E-state index >= 15 is 0 Å². The smallest absolute Gasteiger partial charge is 0.336 e. The van der Waals surface area contributed by atoms with Crippen molar-refractivity contribution in [1.82, 2.24) is 15.1 Å². The zero-order chi connectivity index (χ0) is 29.9. The number of ether oxygens (including phenoxy) is 1. The van der Waals surface area contributed by atoms with E-state index in [0.29, 0.717) is 6.42 Å². The number of carbonyl (C=O) groups excluding carboxylic acids is 1. The van der Waals surface area contributed by atoms with Crippen molar-refractivity contribution in [3.63, 3.8) is 0 Å². The summed E-state index contributed by atoms with van der Waals surface area (Å²) in [5.41, 5.74) is -1.70. The second-order valence-electron chi connectivity index (χ2n) is 9.90. The van der Waals surface area contributed by atoms with Gasteiger partial charge < -0.3 is 35.4 Å². The molecule has 3 rings (SSSR count). The van der Waals surface area contributed by atoms with Crippen LogP contribution in [0.15, 0.2) is 36.4 Å². The number of hydrogen-bond acceptors (Lipinski definition) is 8. The van der Waals surface area contributed by atoms with Gasteiger partial charge in [-0.15, -0.1) is 0 Å². The number of rotatable bonds is 12. The summed E-state index contributed by atoms with van der Waals surface area (Å²) in [7, 11) is 3.84. The van der Waals surface area contributed by atoms with Crippen molar-refractivity contribution >= 4 is 34.6 Å². The fourth-order valence-corrected chi connectivity index (χ4v) is 4.45. The lowest BCUT2D eigenvalue weighted by atomic mass is 9.96. The number of likely N-dealkylation sites (N-methyl/N-ethyl adjacent to an activating group) is 1. The number of piperazine rings is 1. The van der Waals surface area contributed by atoms with Gasteiger partial charge in [-0.1, -0.05) is 37.3 Å². The summed E-state index contributed by atoms with van der Waals surface area (Å²) in [6, 6.07) is 12.3. The molecular weight excluding hydrogens is 522 g/mol. The number of methoxy groups -OCH3 is 1. The van der Waals surface area contributed by atoms with E-state index in [0.717, 1.165) is 61.2 Å². The predicted octanol–water partition coefficient (Wildman–Crippen LogP) is 1.28. The van der Waals surface area contributed by atoms with Crippen LogP contribution < -0.4 is 10.1 Å². The number of fused-ring (bicyclic) bond motifs is 1. The van der Waals surface area contributed by atoms with Crippen LogP contribution in [0.2, 0.25) is 0 Å². The molecule has 0 spiro atoms. The minimum Gasteiger partial charge on any atom is -0.496 e. The normalized spacial score (nSPS) is 15.0. The van der Waals surface area contributed by atoms with Gasteiger partial charge in [0.15, 0.2) is 5.60 Å². The molecular formula is C28H39N3O9. The van der Waals surface area contributed by atoms with E-state index in [2.05, 4.69) is 35.2 Å². The molecule has 0 saturated carbocycles. The molecule has 1 fully saturated rings. The molecule has 1 unspecified atom stereocenters. The fourth-order valence-electron chi connectivity index (χ4n) is 4.45. The van der Waals surface area contributed by atoms with Gasteiger partial charge in [-0.05, 0) is 30.5 Å². The van der Waals surface area contributed by atoms with E-state index in [1.54, 1.807) is 7.11 Å². The summed E-state index contributed by atoms with van der Waals surface area (Å²) >= 11 is 0. The summed E-state index contributed by atoms with van der Waals surface area (Å²) in [6.45, 7) is 7.42. The number of benzene rings is 2. The molecule has 1 amide bonds. The molecule has 220 valence electrons. The van der Waals surface area contributed by atoms with Crippen LogP contribution >= 0.6 is 0 Å². The van der Waals surface area contributed by atoms with Gasteiger partial charge in [-0.3, -0.25) is 19.3 Å². The van der Waals surface area contributed by atoms with Crippen LogP contribution in [0.1, 0.15) is 31.7 Å². The lowest BCUT2D eigenvalue weighted by molar-refractivity contribution is -0.170. The van der Waals surface area contributed by atoms with Crippen LogP contribution in [-0.2, 0) is 25.6 Å². The Hall–Kier alpha value is -3.74. The molecule has 1 aliphatic heterocycles. The average Bonchev–Trinajstić information content (AvgIpc) is 2.89. The first kappa shape index (κ1) is 32.5. The highest BCUT2D eigenvalue weighted by atomic mass is 16.5. The van der Waals surface area contributed by atoms with Crippen molar-refractivity contribution in [1.29, 1.82) is 0 Å². The SMILES string of the molecule is CCC(CN1CCN(C)CC1)NC(=O)Cc1ccc(OC)c2ccccc12.O=C(O)CC(O)(CC(=O)O)C(=O)O. The number of hydrogen-bond donors (Lipinski definition) is 5. The number of carbonyl (C=O) groups is 4. The van der Waals surface area contributed by atoms with Crippen molar-refractivity contribution in [2.75, 3.05) is 46.9 Å². The van der Waals surface area contributed by atoms with Crippen molar-refractivity contribution < 1.29 is 44.3 Å². The van der Waals surface area contributed by atoms with Gasteiger partial charge in [0.2, 0.25) is 5.91 Å². The minimum absolute atomic E-state index is 0.0892. The van der Waals surface area contributed by atoms with E-state index in [1.165, 1.54) is 0 Å². The Bertz CT molecular complexity index is 1160. The maximum atomic E-state index is 12.7. The number of nitrogens with one attached hydrogen (secondary N) is 1. The lowest BCUT2D eigenvalue weighted by Crippen LogP contribution is -2.50. The fraction of sp³-hybridized carbons (Fsp3) is 0.500. The molecule has 2 aromatic carbocycles. The standard InChI is InChI=1S/C22H31N3O2.C6H8O7/c1-4-18(16-25-13-11-24(2)12-14-25)23-22(26)15-17-9-10-21(27-3)20-8-6-5-7-19(17)20;7-3(8)1-6(13,5(11)12)2-4(9)10/h5-10,18H,4,11-16H2,1-3H3,(H,23,26);13H,1-2H2,(H,7,8)(H,9,10)(H,11,12). The molecule has 2 aromatic rings. The number of nitrogens with zero attached hydrogens (tertiary/aromatic N) is 2. The summed E-state index contributed by atoms with van der Waals surface area (Å²) in [6.07, 6.45) is -0.950. The van der Waals surface area contributed by atoms with Gasteiger partial charge in [-0.2, -0.15) is 0 Å². The Morgan fingerprint density at radius 3 is 2.02 bits per heavy atom. The first-order chi connectivity index (χ1) is 18.9. The van der Waals surface area contributed by atoms with Crippen molar-refractivity contribution in [2.45, 2.75) is 44.2 Å². The maximum absolute atomic E-state index is 12.7. The number of carboxylic acid groups (broad SMARTS) is 3. The molecule has 1 atom stereocenters. The van der Waals surface area contributed by atoms with E-state index in [4.69, 9.17) is 25.2 Å². The Labute approximate surface area is 233 Å². The third-order valence-electron chi connectivity index (χ3n) is 6.76. The van der Waals surface area contributed by atoms with Crippen molar-refractivity contribution in [2.24, 2.45) is 0 Å². The van der Waals surface area contributed by atoms with Gasteiger partial charge in [0, 0.05) is 44.2 Å². The van der Waals surface area contributed by atoms with Crippen molar-refractivity contribution in [3.05, 3.63) is 42.0 Å². The summed E-state index contributed by atoms with van der Waals surface area (Å²) in [5.74, 6) is -4.09. The zero-order valence-corrected chi connectivity index (χ0v) is 23.1. The first-order valence-corrected chi connectivity index (χ1v) is 13.0. The van der Waals surface area contributed by atoms with Crippen LogP contribution in [0.4, 0.5) is 0 Å². The third-order valence-corrected chi connectivity index (χ3v) is 6.76. The predicted molar refractivity (Wildman–Crippen MR) is 147 cm³/mol. The number of carboxylic acids is 3. The lowest BCUT2D eigenvalue weighted by Gasteiger charge is -2.34. The molecule has 0 aliphatic carbocycles. The van der Waals surface area contributed by atoms with Crippen LogP contribution in [0.3, 0.4) is 0 Å². The first-order valence-electron chi connectivity index (χ1n) is 13.0. The average molecular weight is 562 g/mol. The topological polar surface area (TPSA) is 177 Å². The number of amides is 1. The van der Waals surface area contributed by atoms with E-state index in [-0.39, 0.29) is 11.9 Å². The van der Waals surface area contributed by atoms with Gasteiger partial charge in [-0.25, -0.2) is 4.79 Å². The Balaban J connectivity index is 0.000000366. The molecule has 40 heavy (non-hydrogen) atoms. The molecule has 1 heterocycles. The quantitative estimate of drug-likeness (QED) is 0.252. The molecule has 5 N–H and O–H groups in total. The van der Waals surface area contributed by atoms with Gasteiger partial charge in [0.1, 0.15) is 5.75 Å². The Kier molecular flexibility index (Phi) is 12.3. The molecule has 0 radical (unpaired) electrons. The summed E-state index contributed by atoms with van der Waals surface area (Å²) in [4.78, 5) is 48.0. The van der Waals surface area contributed by atoms with Crippen LogP contribution in [-0.4, -0.2) is 113 Å². The highest BCUT2D eigenvalue weighted by molar-refractivity contribution is 5.94.